The first-order valence-corrected chi connectivity index (χ1v) is 5.72. The predicted molar refractivity (Wildman–Crippen MR) is 60.6 cm³/mol. The van der Waals surface area contributed by atoms with Crippen molar-refractivity contribution in [2.24, 2.45) is 13.0 Å². The highest BCUT2D eigenvalue weighted by molar-refractivity contribution is 5.80. The van der Waals surface area contributed by atoms with Gasteiger partial charge in [-0.25, -0.2) is 0 Å². The van der Waals surface area contributed by atoms with E-state index in [0.717, 1.165) is 31.6 Å². The fraction of sp³-hybridized carbons (Fsp3) is 0.636. The van der Waals surface area contributed by atoms with Gasteiger partial charge in [-0.1, -0.05) is 0 Å². The van der Waals surface area contributed by atoms with E-state index in [-0.39, 0.29) is 5.91 Å². The number of hydrogen-bond acceptors (Lipinski definition) is 3. The Bertz CT molecular complexity index is 357. The van der Waals surface area contributed by atoms with Gasteiger partial charge in [0.25, 0.3) is 0 Å². The molecule has 1 aromatic heterocycles. The second-order valence-electron chi connectivity index (χ2n) is 4.19. The van der Waals surface area contributed by atoms with Crippen LogP contribution in [0.3, 0.4) is 0 Å². The third kappa shape index (κ3) is 3.06. The number of nitrogens with one attached hydrogen (secondary N) is 2. The number of carbonyl (C=O) groups is 1. The van der Waals surface area contributed by atoms with Crippen LogP contribution < -0.4 is 10.6 Å². The molecule has 0 aliphatic heterocycles. The molecular weight excluding hydrogens is 204 g/mol. The molecule has 0 atom stereocenters. The van der Waals surface area contributed by atoms with Gasteiger partial charge in [-0.2, -0.15) is 5.10 Å². The Balaban J connectivity index is 1.55. The van der Waals surface area contributed by atoms with Crippen molar-refractivity contribution >= 4 is 5.91 Å². The third-order valence-electron chi connectivity index (χ3n) is 2.78. The zero-order valence-electron chi connectivity index (χ0n) is 9.57. The van der Waals surface area contributed by atoms with E-state index in [9.17, 15) is 4.79 Å². The lowest BCUT2D eigenvalue weighted by molar-refractivity contribution is -0.122. The van der Waals surface area contributed by atoms with Crippen molar-refractivity contribution in [3.63, 3.8) is 0 Å². The highest BCUT2D eigenvalue weighted by Crippen LogP contribution is 2.28. The van der Waals surface area contributed by atoms with Gasteiger partial charge >= 0.3 is 0 Å². The number of aromatic nitrogens is 2. The van der Waals surface area contributed by atoms with Gasteiger partial charge in [0, 0.05) is 38.8 Å². The largest absolute Gasteiger partial charge is 0.355 e. The molecule has 88 valence electrons. The van der Waals surface area contributed by atoms with Gasteiger partial charge in [-0.05, 0) is 18.9 Å². The lowest BCUT2D eigenvalue weighted by Crippen LogP contribution is -2.32. The summed E-state index contributed by atoms with van der Waals surface area (Å²) >= 11 is 0. The van der Waals surface area contributed by atoms with E-state index in [4.69, 9.17) is 0 Å². The lowest BCUT2D eigenvalue weighted by Gasteiger charge is -2.06. The van der Waals surface area contributed by atoms with E-state index in [2.05, 4.69) is 15.7 Å². The van der Waals surface area contributed by atoms with Crippen molar-refractivity contribution in [3.05, 3.63) is 18.0 Å². The minimum Gasteiger partial charge on any atom is -0.355 e. The highest BCUT2D eigenvalue weighted by atomic mass is 16.2. The van der Waals surface area contributed by atoms with Crippen LogP contribution in [-0.2, 0) is 18.4 Å². The van der Waals surface area contributed by atoms with E-state index in [1.54, 1.807) is 6.20 Å². The van der Waals surface area contributed by atoms with Crippen molar-refractivity contribution in [2.75, 3.05) is 13.1 Å². The summed E-state index contributed by atoms with van der Waals surface area (Å²) < 4.78 is 1.84. The number of hydrogen-bond donors (Lipinski definition) is 2. The molecule has 1 heterocycles. The number of aryl methyl sites for hydroxylation is 1. The highest BCUT2D eigenvalue weighted by Gasteiger charge is 2.28. The molecule has 1 saturated carbocycles. The van der Waals surface area contributed by atoms with Crippen LogP contribution in [0, 0.1) is 5.92 Å². The topological polar surface area (TPSA) is 59.0 Å². The summed E-state index contributed by atoms with van der Waals surface area (Å²) in [5.41, 5.74) is 1.15. The molecule has 16 heavy (non-hydrogen) atoms. The Morgan fingerprint density at radius 1 is 1.56 bits per heavy atom. The fourth-order valence-corrected chi connectivity index (χ4v) is 1.56. The SMILES string of the molecule is Cn1nccc1CNCCNC(=O)C1CC1. The van der Waals surface area contributed by atoms with Crippen LogP contribution in [0.1, 0.15) is 18.5 Å². The van der Waals surface area contributed by atoms with Crippen molar-refractivity contribution < 1.29 is 4.79 Å². The van der Waals surface area contributed by atoms with Crippen molar-refractivity contribution in [3.8, 4) is 0 Å². The van der Waals surface area contributed by atoms with Gasteiger partial charge in [0.2, 0.25) is 5.91 Å². The van der Waals surface area contributed by atoms with Gasteiger partial charge in [0.05, 0.1) is 5.69 Å². The van der Waals surface area contributed by atoms with Gasteiger partial charge in [0.1, 0.15) is 0 Å². The maximum absolute atomic E-state index is 11.3. The van der Waals surface area contributed by atoms with Gasteiger partial charge in [-0.3, -0.25) is 9.48 Å². The predicted octanol–water partition coefficient (Wildman–Crippen LogP) is 0.0359. The normalized spacial score (nSPS) is 15.1. The summed E-state index contributed by atoms with van der Waals surface area (Å²) in [5.74, 6) is 0.513. The fourth-order valence-electron chi connectivity index (χ4n) is 1.56. The summed E-state index contributed by atoms with van der Waals surface area (Å²) in [6.07, 6.45) is 3.91. The zero-order valence-corrected chi connectivity index (χ0v) is 9.57. The summed E-state index contributed by atoms with van der Waals surface area (Å²) in [5, 5.41) is 10.3. The van der Waals surface area contributed by atoms with Crippen LogP contribution in [-0.4, -0.2) is 28.8 Å². The number of carbonyl (C=O) groups excluding carboxylic acids is 1. The summed E-state index contributed by atoms with van der Waals surface area (Å²) in [6, 6.07) is 1.98. The van der Waals surface area contributed by atoms with Crippen LogP contribution >= 0.6 is 0 Å². The molecule has 1 aliphatic carbocycles. The smallest absolute Gasteiger partial charge is 0.223 e. The Kier molecular flexibility index (Phi) is 3.56. The summed E-state index contributed by atoms with van der Waals surface area (Å²) in [4.78, 5) is 11.3. The van der Waals surface area contributed by atoms with E-state index in [1.165, 1.54) is 0 Å². The first-order valence-electron chi connectivity index (χ1n) is 5.72. The maximum Gasteiger partial charge on any atom is 0.223 e. The van der Waals surface area contributed by atoms with Crippen LogP contribution in [0.4, 0.5) is 0 Å². The second-order valence-corrected chi connectivity index (χ2v) is 4.19. The van der Waals surface area contributed by atoms with E-state index >= 15 is 0 Å². The van der Waals surface area contributed by atoms with E-state index < -0.39 is 0 Å². The molecule has 0 saturated heterocycles. The van der Waals surface area contributed by atoms with E-state index in [0.29, 0.717) is 12.5 Å². The average Bonchev–Trinajstić information content (AvgIpc) is 3.04. The molecule has 0 radical (unpaired) electrons. The molecule has 2 rings (SSSR count). The Labute approximate surface area is 95.2 Å². The minimum absolute atomic E-state index is 0.210. The zero-order chi connectivity index (χ0) is 11.4. The van der Waals surface area contributed by atoms with Crippen LogP contribution in [0.25, 0.3) is 0 Å². The molecule has 1 aliphatic rings. The number of nitrogens with zero attached hydrogens (tertiary/aromatic N) is 2. The summed E-state index contributed by atoms with van der Waals surface area (Å²) in [6.45, 7) is 2.28. The first-order chi connectivity index (χ1) is 7.77. The monoisotopic (exact) mass is 222 g/mol. The Morgan fingerprint density at radius 3 is 3.00 bits per heavy atom. The van der Waals surface area contributed by atoms with Crippen molar-refractivity contribution in [1.82, 2.24) is 20.4 Å². The minimum atomic E-state index is 0.210. The molecule has 0 aromatic carbocycles. The van der Waals surface area contributed by atoms with Crippen LogP contribution in [0.2, 0.25) is 0 Å². The molecule has 1 amide bonds. The first kappa shape index (κ1) is 11.1. The van der Waals surface area contributed by atoms with Crippen LogP contribution in [0.5, 0.6) is 0 Å². The molecule has 2 N–H and O–H groups in total. The number of rotatable bonds is 6. The van der Waals surface area contributed by atoms with Crippen LogP contribution in [0.15, 0.2) is 12.3 Å². The lowest BCUT2D eigenvalue weighted by atomic mass is 10.4. The Hall–Kier alpha value is -1.36. The molecule has 1 aromatic rings. The second kappa shape index (κ2) is 5.12. The molecule has 0 bridgehead atoms. The molecule has 0 spiro atoms. The standard InChI is InChI=1S/C11H18N4O/c1-15-10(4-5-14-15)8-12-6-7-13-11(16)9-2-3-9/h4-5,9,12H,2-3,6-8H2,1H3,(H,13,16). The Morgan fingerprint density at radius 2 is 2.38 bits per heavy atom. The average molecular weight is 222 g/mol. The van der Waals surface area contributed by atoms with Gasteiger partial charge in [0.15, 0.2) is 0 Å². The molecule has 1 fully saturated rings. The summed E-state index contributed by atoms with van der Waals surface area (Å²) in [7, 11) is 1.92. The van der Waals surface area contributed by atoms with Gasteiger partial charge < -0.3 is 10.6 Å². The third-order valence-corrected chi connectivity index (χ3v) is 2.78. The quantitative estimate of drug-likeness (QED) is 0.668. The van der Waals surface area contributed by atoms with Crippen molar-refractivity contribution in [2.45, 2.75) is 19.4 Å². The molecule has 0 unspecified atom stereocenters. The number of amides is 1. The molecule has 5 nitrogen and oxygen atoms in total. The van der Waals surface area contributed by atoms with E-state index in [1.807, 2.05) is 17.8 Å². The van der Waals surface area contributed by atoms with Crippen molar-refractivity contribution in [1.29, 1.82) is 0 Å². The van der Waals surface area contributed by atoms with Gasteiger partial charge in [-0.15, -0.1) is 0 Å². The molecular formula is C11H18N4O. The maximum atomic E-state index is 11.3. The molecule has 5 heteroatoms.